The van der Waals surface area contributed by atoms with Crippen LogP contribution in [0.5, 0.6) is 0 Å². The Hall–Kier alpha value is -1.40. The SMILES string of the molecule is CC(CCc1nc(CO)cs1)Cc1ccc(C(F)(F)F)cc1. The molecule has 1 aromatic carbocycles. The Morgan fingerprint density at radius 1 is 1.23 bits per heavy atom. The van der Waals surface area contributed by atoms with E-state index in [9.17, 15) is 13.2 Å². The molecule has 0 spiro atoms. The van der Waals surface area contributed by atoms with Crippen molar-refractivity contribution in [1.82, 2.24) is 4.98 Å². The lowest BCUT2D eigenvalue weighted by Gasteiger charge is -2.12. The monoisotopic (exact) mass is 329 g/mol. The largest absolute Gasteiger partial charge is 0.416 e. The van der Waals surface area contributed by atoms with E-state index in [2.05, 4.69) is 11.9 Å². The highest BCUT2D eigenvalue weighted by Gasteiger charge is 2.29. The van der Waals surface area contributed by atoms with Crippen molar-refractivity contribution in [1.29, 1.82) is 0 Å². The van der Waals surface area contributed by atoms with E-state index < -0.39 is 11.7 Å². The highest BCUT2D eigenvalue weighted by Crippen LogP contribution is 2.29. The van der Waals surface area contributed by atoms with Crippen molar-refractivity contribution in [3.05, 3.63) is 51.5 Å². The highest BCUT2D eigenvalue weighted by molar-refractivity contribution is 7.09. The molecule has 0 amide bonds. The number of rotatable bonds is 6. The molecule has 2 rings (SSSR count). The second-order valence-corrected chi connectivity index (χ2v) is 6.38. The smallest absolute Gasteiger partial charge is 0.390 e. The first kappa shape index (κ1) is 17.0. The van der Waals surface area contributed by atoms with Gasteiger partial charge in [0.1, 0.15) is 0 Å². The van der Waals surface area contributed by atoms with E-state index in [0.717, 1.165) is 42.0 Å². The molecule has 120 valence electrons. The summed E-state index contributed by atoms with van der Waals surface area (Å²) in [6, 6.07) is 5.37. The molecule has 0 fully saturated rings. The first-order chi connectivity index (χ1) is 10.4. The van der Waals surface area contributed by atoms with Gasteiger partial charge in [-0.2, -0.15) is 13.2 Å². The third kappa shape index (κ3) is 4.81. The van der Waals surface area contributed by atoms with Crippen LogP contribution in [0.25, 0.3) is 0 Å². The lowest BCUT2D eigenvalue weighted by molar-refractivity contribution is -0.137. The standard InChI is InChI=1S/C16H18F3NOS/c1-11(2-7-15-20-14(9-21)10-22-15)8-12-3-5-13(6-4-12)16(17,18)19/h3-6,10-11,21H,2,7-9H2,1H3. The van der Waals surface area contributed by atoms with Gasteiger partial charge in [0.25, 0.3) is 0 Å². The normalized spacial score (nSPS) is 13.3. The van der Waals surface area contributed by atoms with Crippen molar-refractivity contribution >= 4 is 11.3 Å². The first-order valence-electron chi connectivity index (χ1n) is 7.08. The van der Waals surface area contributed by atoms with Gasteiger partial charge in [-0.3, -0.25) is 0 Å². The third-order valence-electron chi connectivity index (χ3n) is 3.48. The molecule has 0 aliphatic carbocycles. The van der Waals surface area contributed by atoms with E-state index in [1.165, 1.54) is 11.3 Å². The number of benzene rings is 1. The quantitative estimate of drug-likeness (QED) is 0.848. The molecule has 0 saturated heterocycles. The molecule has 0 saturated carbocycles. The summed E-state index contributed by atoms with van der Waals surface area (Å²) < 4.78 is 37.5. The fourth-order valence-electron chi connectivity index (χ4n) is 2.24. The second kappa shape index (κ2) is 7.24. The third-order valence-corrected chi connectivity index (χ3v) is 4.44. The summed E-state index contributed by atoms with van der Waals surface area (Å²) >= 11 is 1.53. The number of hydrogen-bond acceptors (Lipinski definition) is 3. The molecule has 22 heavy (non-hydrogen) atoms. The maximum absolute atomic E-state index is 12.5. The molecule has 0 radical (unpaired) electrons. The average molecular weight is 329 g/mol. The average Bonchev–Trinajstić information content (AvgIpc) is 2.93. The number of thiazole rings is 1. The van der Waals surface area contributed by atoms with E-state index in [4.69, 9.17) is 5.11 Å². The maximum Gasteiger partial charge on any atom is 0.416 e. The van der Waals surface area contributed by atoms with Crippen LogP contribution in [-0.2, 0) is 25.6 Å². The van der Waals surface area contributed by atoms with Crippen molar-refractivity contribution in [3.8, 4) is 0 Å². The van der Waals surface area contributed by atoms with Gasteiger partial charge in [0, 0.05) is 5.38 Å². The molecule has 6 heteroatoms. The summed E-state index contributed by atoms with van der Waals surface area (Å²) in [4.78, 5) is 4.29. The van der Waals surface area contributed by atoms with E-state index in [-0.39, 0.29) is 6.61 Å². The molecule has 1 atom stereocenters. The zero-order valence-electron chi connectivity index (χ0n) is 12.2. The summed E-state index contributed by atoms with van der Waals surface area (Å²) in [6.45, 7) is 2.04. The lowest BCUT2D eigenvalue weighted by Crippen LogP contribution is -2.06. The summed E-state index contributed by atoms with van der Waals surface area (Å²) in [5.74, 6) is 0.359. The molecule has 0 aliphatic heterocycles. The minimum atomic E-state index is -4.28. The summed E-state index contributed by atoms with van der Waals surface area (Å²) in [6.07, 6.45) is -1.79. The lowest BCUT2D eigenvalue weighted by atomic mass is 9.96. The zero-order chi connectivity index (χ0) is 16.2. The van der Waals surface area contributed by atoms with Crippen molar-refractivity contribution in [2.75, 3.05) is 0 Å². The van der Waals surface area contributed by atoms with E-state index in [1.807, 2.05) is 5.38 Å². The fraction of sp³-hybridized carbons (Fsp3) is 0.438. The van der Waals surface area contributed by atoms with Gasteiger partial charge in [0.05, 0.1) is 22.9 Å². The van der Waals surface area contributed by atoms with Crippen molar-refractivity contribution in [2.45, 2.75) is 39.0 Å². The fourth-order valence-corrected chi connectivity index (χ4v) is 3.05. The van der Waals surface area contributed by atoms with E-state index >= 15 is 0 Å². The van der Waals surface area contributed by atoms with Crippen LogP contribution in [0, 0.1) is 5.92 Å². The number of aryl methyl sites for hydroxylation is 1. The van der Waals surface area contributed by atoms with Crippen LogP contribution in [0.2, 0.25) is 0 Å². The highest BCUT2D eigenvalue weighted by atomic mass is 32.1. The minimum Gasteiger partial charge on any atom is -0.390 e. The predicted molar refractivity (Wildman–Crippen MR) is 80.7 cm³/mol. The van der Waals surface area contributed by atoms with Crippen LogP contribution in [0.4, 0.5) is 13.2 Å². The van der Waals surface area contributed by atoms with Gasteiger partial charge in [0.2, 0.25) is 0 Å². The van der Waals surface area contributed by atoms with Gasteiger partial charge >= 0.3 is 6.18 Å². The van der Waals surface area contributed by atoms with Crippen molar-refractivity contribution in [2.24, 2.45) is 5.92 Å². The number of aromatic nitrogens is 1. The molecular formula is C16H18F3NOS. The summed E-state index contributed by atoms with van der Waals surface area (Å²) in [7, 11) is 0. The van der Waals surface area contributed by atoms with E-state index in [1.54, 1.807) is 12.1 Å². The number of aliphatic hydroxyl groups is 1. The Labute approximate surface area is 131 Å². The summed E-state index contributed by atoms with van der Waals surface area (Å²) in [5, 5.41) is 11.8. The molecule has 2 aromatic rings. The first-order valence-corrected chi connectivity index (χ1v) is 7.96. The Balaban J connectivity index is 1.85. The molecular weight excluding hydrogens is 311 g/mol. The topological polar surface area (TPSA) is 33.1 Å². The van der Waals surface area contributed by atoms with Crippen molar-refractivity contribution in [3.63, 3.8) is 0 Å². The number of aliphatic hydroxyl groups excluding tert-OH is 1. The minimum absolute atomic E-state index is 0.0440. The molecule has 0 aliphatic rings. The maximum atomic E-state index is 12.5. The second-order valence-electron chi connectivity index (χ2n) is 5.43. The predicted octanol–water partition coefficient (Wildman–Crippen LogP) is 4.47. The van der Waals surface area contributed by atoms with E-state index in [0.29, 0.717) is 11.6 Å². The number of nitrogens with zero attached hydrogens (tertiary/aromatic N) is 1. The van der Waals surface area contributed by atoms with Gasteiger partial charge < -0.3 is 5.11 Å². The van der Waals surface area contributed by atoms with Crippen LogP contribution in [0.3, 0.4) is 0 Å². The van der Waals surface area contributed by atoms with Crippen LogP contribution in [0.15, 0.2) is 29.6 Å². The molecule has 1 N–H and O–H groups in total. The Kier molecular flexibility index (Phi) is 5.58. The van der Waals surface area contributed by atoms with Gasteiger partial charge in [-0.05, 0) is 42.9 Å². The van der Waals surface area contributed by atoms with Gasteiger partial charge in [-0.25, -0.2) is 4.98 Å². The molecule has 0 bridgehead atoms. The van der Waals surface area contributed by atoms with Crippen LogP contribution in [0.1, 0.15) is 35.2 Å². The Morgan fingerprint density at radius 2 is 1.91 bits per heavy atom. The zero-order valence-corrected chi connectivity index (χ0v) is 13.0. The number of alkyl halides is 3. The molecule has 2 nitrogen and oxygen atoms in total. The Morgan fingerprint density at radius 3 is 2.45 bits per heavy atom. The van der Waals surface area contributed by atoms with Crippen molar-refractivity contribution < 1.29 is 18.3 Å². The number of hydrogen-bond donors (Lipinski definition) is 1. The van der Waals surface area contributed by atoms with Crippen LogP contribution in [-0.4, -0.2) is 10.1 Å². The van der Waals surface area contributed by atoms with Crippen LogP contribution < -0.4 is 0 Å². The molecule has 1 aromatic heterocycles. The summed E-state index contributed by atoms with van der Waals surface area (Å²) in [5.41, 5.74) is 0.995. The van der Waals surface area contributed by atoms with Gasteiger partial charge in [-0.15, -0.1) is 11.3 Å². The van der Waals surface area contributed by atoms with Crippen LogP contribution >= 0.6 is 11.3 Å². The van der Waals surface area contributed by atoms with Gasteiger partial charge in [-0.1, -0.05) is 19.1 Å². The molecule has 1 unspecified atom stereocenters. The number of halogens is 3. The van der Waals surface area contributed by atoms with Gasteiger partial charge in [0.15, 0.2) is 0 Å². The molecule has 1 heterocycles. The Bertz CT molecular complexity index is 592.